The lowest BCUT2D eigenvalue weighted by Gasteiger charge is -1.90. The Labute approximate surface area is 117 Å². The molecule has 3 nitrogen and oxygen atoms in total. The lowest BCUT2D eigenvalue weighted by atomic mass is 10.3. The van der Waals surface area contributed by atoms with E-state index < -0.39 is 0 Å². The minimum Gasteiger partial charge on any atom is -0.253 e. The Balaban J connectivity index is 1.81. The van der Waals surface area contributed by atoms with Crippen LogP contribution in [0.4, 0.5) is 5.13 Å². The fraction of sp³-hybridized carbons (Fsp3) is 0. The van der Waals surface area contributed by atoms with Crippen LogP contribution in [0.5, 0.6) is 0 Å². The third-order valence-corrected chi connectivity index (χ3v) is 4.30. The van der Waals surface area contributed by atoms with Gasteiger partial charge in [-0.25, -0.2) is 4.98 Å². The highest BCUT2D eigenvalue weighted by Gasteiger charge is 2.05. The lowest BCUT2D eigenvalue weighted by Crippen LogP contribution is -1.87. The molecule has 2 heterocycles. The van der Waals surface area contributed by atoms with Gasteiger partial charge in [-0.1, -0.05) is 35.1 Å². The van der Waals surface area contributed by atoms with Gasteiger partial charge in [0, 0.05) is 4.88 Å². The van der Waals surface area contributed by atoms with E-state index in [0.29, 0.717) is 5.02 Å². The predicted octanol–water partition coefficient (Wildman–Crippen LogP) is 4.46. The second kappa shape index (κ2) is 5.06. The zero-order chi connectivity index (χ0) is 12.4. The van der Waals surface area contributed by atoms with E-state index in [1.165, 1.54) is 11.3 Å². The largest absolute Gasteiger partial charge is 0.253 e. The number of hydrogen-bond acceptors (Lipinski definition) is 5. The van der Waals surface area contributed by atoms with Crippen LogP contribution in [0, 0.1) is 0 Å². The molecule has 3 aromatic rings. The van der Waals surface area contributed by atoms with Gasteiger partial charge in [0.25, 0.3) is 0 Å². The van der Waals surface area contributed by atoms with Crippen LogP contribution >= 0.6 is 34.3 Å². The van der Waals surface area contributed by atoms with Gasteiger partial charge >= 0.3 is 0 Å². The number of fused-ring (bicyclic) bond motifs is 1. The zero-order valence-electron chi connectivity index (χ0n) is 9.13. The standard InChI is InChI=1S/C12H8ClN3S2/c13-9-4-1-5-10-11(9)15-12(18-10)16-14-7-8-3-2-6-17-8/h1-7H,(H,15,16)/b14-7+. The van der Waals surface area contributed by atoms with Crippen LogP contribution in [0.15, 0.2) is 40.8 Å². The Hall–Kier alpha value is -1.43. The maximum atomic E-state index is 6.07. The van der Waals surface area contributed by atoms with Crippen molar-refractivity contribution >= 4 is 55.8 Å². The molecule has 0 spiro atoms. The topological polar surface area (TPSA) is 37.3 Å². The maximum absolute atomic E-state index is 6.07. The summed E-state index contributed by atoms with van der Waals surface area (Å²) >= 11 is 9.24. The summed E-state index contributed by atoms with van der Waals surface area (Å²) in [5.74, 6) is 0. The van der Waals surface area contributed by atoms with E-state index in [0.717, 1.165) is 20.2 Å². The number of halogens is 1. The molecule has 1 N–H and O–H groups in total. The van der Waals surface area contributed by atoms with Crippen LogP contribution in [0.2, 0.25) is 5.02 Å². The van der Waals surface area contributed by atoms with Crippen molar-refractivity contribution in [2.24, 2.45) is 5.10 Å². The van der Waals surface area contributed by atoms with Gasteiger partial charge in [-0.3, -0.25) is 5.43 Å². The predicted molar refractivity (Wildman–Crippen MR) is 80.2 cm³/mol. The number of thiophene rings is 1. The average Bonchev–Trinajstić information content (AvgIpc) is 2.98. The van der Waals surface area contributed by atoms with Crippen molar-refractivity contribution in [1.82, 2.24) is 4.98 Å². The van der Waals surface area contributed by atoms with Crippen molar-refractivity contribution in [1.29, 1.82) is 0 Å². The molecular formula is C12H8ClN3S2. The summed E-state index contributed by atoms with van der Waals surface area (Å²) < 4.78 is 1.05. The third kappa shape index (κ3) is 2.38. The number of benzene rings is 1. The summed E-state index contributed by atoms with van der Waals surface area (Å²) in [5.41, 5.74) is 3.74. The molecule has 0 atom stereocenters. The summed E-state index contributed by atoms with van der Waals surface area (Å²) in [7, 11) is 0. The van der Waals surface area contributed by atoms with Crippen molar-refractivity contribution in [3.8, 4) is 0 Å². The van der Waals surface area contributed by atoms with E-state index in [2.05, 4.69) is 15.5 Å². The summed E-state index contributed by atoms with van der Waals surface area (Å²) in [6.45, 7) is 0. The van der Waals surface area contributed by atoms with E-state index >= 15 is 0 Å². The Morgan fingerprint density at radius 3 is 3.00 bits per heavy atom. The first-order chi connectivity index (χ1) is 8.83. The summed E-state index contributed by atoms with van der Waals surface area (Å²) in [6, 6.07) is 9.74. The van der Waals surface area contributed by atoms with Gasteiger partial charge in [-0.05, 0) is 23.6 Å². The first-order valence-corrected chi connectivity index (χ1v) is 7.28. The minimum absolute atomic E-state index is 0.666. The number of hydrazone groups is 1. The molecule has 18 heavy (non-hydrogen) atoms. The molecule has 0 bridgehead atoms. The van der Waals surface area contributed by atoms with Gasteiger partial charge in [0.15, 0.2) is 0 Å². The first-order valence-electron chi connectivity index (χ1n) is 5.20. The molecule has 1 aromatic carbocycles. The van der Waals surface area contributed by atoms with E-state index in [9.17, 15) is 0 Å². The van der Waals surface area contributed by atoms with Gasteiger partial charge < -0.3 is 0 Å². The molecule has 0 fully saturated rings. The van der Waals surface area contributed by atoms with Crippen LogP contribution in [0.1, 0.15) is 4.88 Å². The molecule has 0 aliphatic carbocycles. The van der Waals surface area contributed by atoms with Gasteiger partial charge in [-0.2, -0.15) is 5.10 Å². The van der Waals surface area contributed by atoms with Crippen LogP contribution in [0.25, 0.3) is 10.2 Å². The number of anilines is 1. The van der Waals surface area contributed by atoms with Crippen LogP contribution in [0.3, 0.4) is 0 Å². The number of rotatable bonds is 3. The third-order valence-electron chi connectivity index (χ3n) is 2.26. The molecule has 0 saturated heterocycles. The van der Waals surface area contributed by atoms with Gasteiger partial charge in [0.2, 0.25) is 5.13 Å². The number of nitrogens with one attached hydrogen (secondary N) is 1. The van der Waals surface area contributed by atoms with E-state index in [4.69, 9.17) is 11.6 Å². The number of nitrogens with zero attached hydrogens (tertiary/aromatic N) is 2. The molecule has 0 aliphatic heterocycles. The average molecular weight is 294 g/mol. The van der Waals surface area contributed by atoms with Gasteiger partial charge in [0.05, 0.1) is 15.9 Å². The van der Waals surface area contributed by atoms with Crippen molar-refractivity contribution in [3.63, 3.8) is 0 Å². The van der Waals surface area contributed by atoms with Crippen molar-refractivity contribution in [3.05, 3.63) is 45.6 Å². The smallest absolute Gasteiger partial charge is 0.204 e. The highest BCUT2D eigenvalue weighted by molar-refractivity contribution is 7.22. The number of hydrogen-bond donors (Lipinski definition) is 1. The molecule has 6 heteroatoms. The highest BCUT2D eigenvalue weighted by Crippen LogP contribution is 2.30. The molecule has 0 amide bonds. The Morgan fingerprint density at radius 2 is 2.22 bits per heavy atom. The number of para-hydroxylation sites is 1. The molecule has 90 valence electrons. The van der Waals surface area contributed by atoms with E-state index in [1.54, 1.807) is 17.6 Å². The fourth-order valence-electron chi connectivity index (χ4n) is 1.48. The molecule has 0 unspecified atom stereocenters. The van der Waals surface area contributed by atoms with Crippen molar-refractivity contribution in [2.75, 3.05) is 5.43 Å². The van der Waals surface area contributed by atoms with Gasteiger partial charge in [-0.15, -0.1) is 11.3 Å². The summed E-state index contributed by atoms with van der Waals surface area (Å²) in [6.07, 6.45) is 1.78. The molecule has 0 radical (unpaired) electrons. The van der Waals surface area contributed by atoms with Crippen molar-refractivity contribution < 1.29 is 0 Å². The van der Waals surface area contributed by atoms with Crippen LogP contribution in [-0.4, -0.2) is 11.2 Å². The number of thiazole rings is 1. The summed E-state index contributed by atoms with van der Waals surface area (Å²) in [5, 5.41) is 7.57. The molecule has 0 aliphatic rings. The molecular weight excluding hydrogens is 286 g/mol. The monoisotopic (exact) mass is 293 g/mol. The Morgan fingerprint density at radius 1 is 1.28 bits per heavy atom. The van der Waals surface area contributed by atoms with Crippen LogP contribution < -0.4 is 5.43 Å². The number of aromatic nitrogens is 1. The zero-order valence-corrected chi connectivity index (χ0v) is 11.5. The Kier molecular flexibility index (Phi) is 3.27. The normalized spacial score (nSPS) is 11.4. The van der Waals surface area contributed by atoms with Gasteiger partial charge in [0.1, 0.15) is 5.52 Å². The SMILES string of the molecule is Clc1cccc2sc(N/N=C/c3cccs3)nc12. The molecule has 0 saturated carbocycles. The quantitative estimate of drug-likeness (QED) is 0.572. The Bertz CT molecular complexity index is 688. The second-order valence-corrected chi connectivity index (χ2v) is 5.91. The maximum Gasteiger partial charge on any atom is 0.204 e. The highest BCUT2D eigenvalue weighted by atomic mass is 35.5. The summed E-state index contributed by atoms with van der Waals surface area (Å²) in [4.78, 5) is 5.49. The first kappa shape index (κ1) is 11.6. The lowest BCUT2D eigenvalue weighted by molar-refractivity contribution is 1.31. The van der Waals surface area contributed by atoms with E-state index in [-0.39, 0.29) is 0 Å². The minimum atomic E-state index is 0.666. The molecule has 2 aromatic heterocycles. The molecule has 3 rings (SSSR count). The van der Waals surface area contributed by atoms with Crippen LogP contribution in [-0.2, 0) is 0 Å². The van der Waals surface area contributed by atoms with E-state index in [1.807, 2.05) is 35.7 Å². The van der Waals surface area contributed by atoms with Crippen molar-refractivity contribution in [2.45, 2.75) is 0 Å². The second-order valence-electron chi connectivity index (χ2n) is 3.49. The fourth-order valence-corrected chi connectivity index (χ4v) is 3.18.